The largest absolute Gasteiger partial charge is 0.317 e. The van der Waals surface area contributed by atoms with Crippen LogP contribution < -0.4 is 5.32 Å². The SMILES string of the molecule is Cc1ccccc1-n1nccc1C1CCNCC1.Cl. The summed E-state index contributed by atoms with van der Waals surface area (Å²) >= 11 is 0. The quantitative estimate of drug-likeness (QED) is 0.914. The summed E-state index contributed by atoms with van der Waals surface area (Å²) in [6, 6.07) is 10.6. The zero-order chi connectivity index (χ0) is 12.4. The maximum absolute atomic E-state index is 4.52. The summed E-state index contributed by atoms with van der Waals surface area (Å²) in [6.45, 7) is 4.37. The summed E-state index contributed by atoms with van der Waals surface area (Å²) in [7, 11) is 0. The zero-order valence-corrected chi connectivity index (χ0v) is 12.0. The van der Waals surface area contributed by atoms with E-state index in [0.717, 1.165) is 13.1 Å². The molecule has 0 saturated carbocycles. The lowest BCUT2D eigenvalue weighted by Crippen LogP contribution is -2.27. The number of aromatic nitrogens is 2. The van der Waals surface area contributed by atoms with Crippen LogP contribution in [-0.2, 0) is 0 Å². The normalized spacial score (nSPS) is 16.1. The Hall–Kier alpha value is -1.32. The first-order valence-corrected chi connectivity index (χ1v) is 6.67. The summed E-state index contributed by atoms with van der Waals surface area (Å²) in [5.41, 5.74) is 3.83. The Balaban J connectivity index is 0.00000133. The van der Waals surface area contributed by atoms with Gasteiger partial charge in [0.1, 0.15) is 0 Å². The molecule has 0 unspecified atom stereocenters. The molecule has 3 nitrogen and oxygen atoms in total. The van der Waals surface area contributed by atoms with Crippen LogP contribution in [0.5, 0.6) is 0 Å². The molecule has 4 heteroatoms. The van der Waals surface area contributed by atoms with Crippen LogP contribution in [0.1, 0.15) is 30.0 Å². The maximum atomic E-state index is 4.52. The molecule has 0 bridgehead atoms. The van der Waals surface area contributed by atoms with E-state index in [-0.39, 0.29) is 12.4 Å². The number of halogens is 1. The van der Waals surface area contributed by atoms with Crippen molar-refractivity contribution in [3.05, 3.63) is 47.8 Å². The number of aryl methyl sites for hydroxylation is 1. The zero-order valence-electron chi connectivity index (χ0n) is 11.2. The number of rotatable bonds is 2. The van der Waals surface area contributed by atoms with Gasteiger partial charge in [0.05, 0.1) is 5.69 Å². The van der Waals surface area contributed by atoms with Gasteiger partial charge in [-0.2, -0.15) is 5.10 Å². The van der Waals surface area contributed by atoms with Crippen molar-refractivity contribution in [2.24, 2.45) is 0 Å². The molecule has 2 aromatic rings. The monoisotopic (exact) mass is 277 g/mol. The number of hydrogen-bond acceptors (Lipinski definition) is 2. The lowest BCUT2D eigenvalue weighted by molar-refractivity contribution is 0.446. The molecule has 0 amide bonds. The predicted molar refractivity (Wildman–Crippen MR) is 80.4 cm³/mol. The van der Waals surface area contributed by atoms with E-state index in [1.54, 1.807) is 0 Å². The summed E-state index contributed by atoms with van der Waals surface area (Å²) in [5, 5.41) is 7.94. The molecule has 1 aliphatic heterocycles. The van der Waals surface area contributed by atoms with Gasteiger partial charge in [0.25, 0.3) is 0 Å². The third-order valence-electron chi connectivity index (χ3n) is 3.77. The van der Waals surface area contributed by atoms with Gasteiger partial charge < -0.3 is 5.32 Å². The van der Waals surface area contributed by atoms with Crippen LogP contribution in [0.2, 0.25) is 0 Å². The molecule has 0 radical (unpaired) electrons. The first-order valence-electron chi connectivity index (χ1n) is 6.67. The van der Waals surface area contributed by atoms with Gasteiger partial charge in [-0.1, -0.05) is 18.2 Å². The standard InChI is InChI=1S/C15H19N3.ClH/c1-12-4-2-3-5-14(12)18-15(8-11-17-18)13-6-9-16-10-7-13;/h2-5,8,11,13,16H,6-7,9-10H2,1H3;1H. The van der Waals surface area contributed by atoms with Gasteiger partial charge in [0.2, 0.25) is 0 Å². The molecule has 1 saturated heterocycles. The molecule has 0 atom stereocenters. The fourth-order valence-electron chi connectivity index (χ4n) is 2.74. The highest BCUT2D eigenvalue weighted by atomic mass is 35.5. The molecule has 3 rings (SSSR count). The number of benzene rings is 1. The molecule has 0 spiro atoms. The van der Waals surface area contributed by atoms with Crippen LogP contribution >= 0.6 is 12.4 Å². The lowest BCUT2D eigenvalue weighted by Gasteiger charge is -2.23. The summed E-state index contributed by atoms with van der Waals surface area (Å²) in [4.78, 5) is 0. The number of nitrogens with one attached hydrogen (secondary N) is 1. The van der Waals surface area contributed by atoms with Gasteiger partial charge in [0, 0.05) is 17.8 Å². The van der Waals surface area contributed by atoms with Crippen molar-refractivity contribution in [1.82, 2.24) is 15.1 Å². The highest BCUT2D eigenvalue weighted by molar-refractivity contribution is 5.85. The summed E-state index contributed by atoms with van der Waals surface area (Å²) in [6.07, 6.45) is 4.33. The molecule has 1 aliphatic rings. The molecule has 0 aliphatic carbocycles. The van der Waals surface area contributed by atoms with Crippen LogP contribution in [-0.4, -0.2) is 22.9 Å². The van der Waals surface area contributed by atoms with Crippen LogP contribution in [0.3, 0.4) is 0 Å². The fraction of sp³-hybridized carbons (Fsp3) is 0.400. The maximum Gasteiger partial charge on any atom is 0.0678 e. The lowest BCUT2D eigenvalue weighted by atomic mass is 9.94. The van der Waals surface area contributed by atoms with Gasteiger partial charge in [-0.3, -0.25) is 0 Å². The van der Waals surface area contributed by atoms with E-state index in [2.05, 4.69) is 52.4 Å². The van der Waals surface area contributed by atoms with Crippen molar-refractivity contribution in [1.29, 1.82) is 0 Å². The Morgan fingerprint density at radius 2 is 1.89 bits per heavy atom. The average Bonchev–Trinajstić information content (AvgIpc) is 2.89. The van der Waals surface area contributed by atoms with E-state index in [9.17, 15) is 0 Å². The van der Waals surface area contributed by atoms with Crippen molar-refractivity contribution in [3.63, 3.8) is 0 Å². The van der Waals surface area contributed by atoms with Crippen LogP contribution in [0.25, 0.3) is 5.69 Å². The second kappa shape index (κ2) is 6.22. The predicted octanol–water partition coefficient (Wildman–Crippen LogP) is 3.07. The summed E-state index contributed by atoms with van der Waals surface area (Å²) in [5.74, 6) is 0.633. The van der Waals surface area contributed by atoms with E-state index >= 15 is 0 Å². The third kappa shape index (κ3) is 2.82. The van der Waals surface area contributed by atoms with E-state index in [1.807, 2.05) is 6.20 Å². The fourth-order valence-corrected chi connectivity index (χ4v) is 2.74. The van der Waals surface area contributed by atoms with Crippen LogP contribution in [0, 0.1) is 6.92 Å². The molecule has 19 heavy (non-hydrogen) atoms. The topological polar surface area (TPSA) is 29.9 Å². The van der Waals surface area contributed by atoms with Gasteiger partial charge in [-0.05, 0) is 50.6 Å². The average molecular weight is 278 g/mol. The molecular weight excluding hydrogens is 258 g/mol. The Morgan fingerprint density at radius 1 is 1.16 bits per heavy atom. The molecule has 1 aromatic heterocycles. The molecule has 1 N–H and O–H groups in total. The van der Waals surface area contributed by atoms with Crippen LogP contribution in [0.4, 0.5) is 0 Å². The Bertz CT molecular complexity index is 530. The van der Waals surface area contributed by atoms with Crippen molar-refractivity contribution in [3.8, 4) is 5.69 Å². The van der Waals surface area contributed by atoms with Crippen molar-refractivity contribution >= 4 is 12.4 Å². The van der Waals surface area contributed by atoms with Gasteiger partial charge in [0.15, 0.2) is 0 Å². The minimum atomic E-state index is 0. The van der Waals surface area contributed by atoms with Gasteiger partial charge in [-0.25, -0.2) is 4.68 Å². The highest BCUT2D eigenvalue weighted by Crippen LogP contribution is 2.27. The number of nitrogens with zero attached hydrogens (tertiary/aromatic N) is 2. The minimum absolute atomic E-state index is 0. The smallest absolute Gasteiger partial charge is 0.0678 e. The van der Waals surface area contributed by atoms with Crippen molar-refractivity contribution < 1.29 is 0 Å². The van der Waals surface area contributed by atoms with Gasteiger partial charge in [-0.15, -0.1) is 12.4 Å². The van der Waals surface area contributed by atoms with Crippen molar-refractivity contribution in [2.45, 2.75) is 25.7 Å². The van der Waals surface area contributed by atoms with E-state index in [4.69, 9.17) is 0 Å². The Labute approximate surface area is 120 Å². The van der Waals surface area contributed by atoms with Crippen LogP contribution in [0.15, 0.2) is 36.5 Å². The molecule has 1 aromatic carbocycles. The third-order valence-corrected chi connectivity index (χ3v) is 3.77. The molecule has 102 valence electrons. The number of hydrogen-bond donors (Lipinski definition) is 1. The van der Waals surface area contributed by atoms with E-state index in [1.165, 1.54) is 29.8 Å². The second-order valence-corrected chi connectivity index (χ2v) is 4.98. The van der Waals surface area contributed by atoms with Crippen molar-refractivity contribution in [2.75, 3.05) is 13.1 Å². The summed E-state index contributed by atoms with van der Waals surface area (Å²) < 4.78 is 2.12. The minimum Gasteiger partial charge on any atom is -0.317 e. The first-order chi connectivity index (χ1) is 8.86. The first kappa shape index (κ1) is 14.1. The highest BCUT2D eigenvalue weighted by Gasteiger charge is 2.19. The Kier molecular flexibility index (Phi) is 4.61. The van der Waals surface area contributed by atoms with Gasteiger partial charge >= 0.3 is 0 Å². The molecule has 2 heterocycles. The van der Waals surface area contributed by atoms with E-state index < -0.39 is 0 Å². The Morgan fingerprint density at radius 3 is 2.63 bits per heavy atom. The number of para-hydroxylation sites is 1. The number of piperidine rings is 1. The molecule has 1 fully saturated rings. The second-order valence-electron chi connectivity index (χ2n) is 4.98. The molecular formula is C15H20ClN3. The van der Waals surface area contributed by atoms with E-state index in [0.29, 0.717) is 5.92 Å².